The zero-order chi connectivity index (χ0) is 21.0. The number of rotatable bonds is 6. The molecule has 1 aromatic carbocycles. The molecule has 4 rings (SSSR count). The molecule has 0 saturated carbocycles. The van der Waals surface area contributed by atoms with Gasteiger partial charge in [-0.15, -0.1) is 0 Å². The van der Waals surface area contributed by atoms with E-state index in [2.05, 4.69) is 19.6 Å². The molecule has 0 radical (unpaired) electrons. The molecule has 0 spiro atoms. The molecule has 1 fully saturated rings. The molecule has 30 heavy (non-hydrogen) atoms. The Morgan fingerprint density at radius 2 is 1.77 bits per heavy atom. The first-order valence-corrected chi connectivity index (χ1v) is 11.4. The number of hydrogen-bond donors (Lipinski definition) is 1. The van der Waals surface area contributed by atoms with Crippen LogP contribution in [0.25, 0.3) is 0 Å². The van der Waals surface area contributed by atoms with Crippen LogP contribution in [-0.4, -0.2) is 37.6 Å². The van der Waals surface area contributed by atoms with Crippen LogP contribution in [-0.2, 0) is 10.0 Å². The Bertz CT molecular complexity index is 1080. The smallest absolute Gasteiger partial charge is 0.263 e. The number of sulfonamides is 1. The van der Waals surface area contributed by atoms with E-state index in [1.807, 2.05) is 43.3 Å². The summed E-state index contributed by atoms with van der Waals surface area (Å²) in [5.74, 6) is 0.635. The summed E-state index contributed by atoms with van der Waals surface area (Å²) in [6, 6.07) is 16.3. The van der Waals surface area contributed by atoms with Crippen molar-refractivity contribution in [1.82, 2.24) is 9.97 Å². The molecular weight excluding hydrogens is 400 g/mol. The molecule has 8 heteroatoms. The van der Waals surface area contributed by atoms with E-state index in [1.54, 1.807) is 24.4 Å². The summed E-state index contributed by atoms with van der Waals surface area (Å²) in [4.78, 5) is 10.6. The fraction of sp³-hybridized carbons (Fsp3) is 0.273. The van der Waals surface area contributed by atoms with Gasteiger partial charge in [0.15, 0.2) is 0 Å². The van der Waals surface area contributed by atoms with Gasteiger partial charge in [-0.2, -0.15) is 0 Å². The zero-order valence-electron chi connectivity index (χ0n) is 16.7. The van der Waals surface area contributed by atoms with Crippen LogP contribution in [0, 0.1) is 6.92 Å². The van der Waals surface area contributed by atoms with E-state index in [-0.39, 0.29) is 11.0 Å². The number of benzene rings is 1. The Kier molecular flexibility index (Phi) is 5.85. The van der Waals surface area contributed by atoms with Gasteiger partial charge < -0.3 is 9.64 Å². The Morgan fingerprint density at radius 3 is 2.47 bits per heavy atom. The lowest BCUT2D eigenvalue weighted by molar-refractivity contribution is 0.164. The van der Waals surface area contributed by atoms with Crippen LogP contribution in [0.1, 0.15) is 18.5 Å². The van der Waals surface area contributed by atoms with Crippen molar-refractivity contribution in [3.8, 4) is 5.88 Å². The molecule has 1 aliphatic heterocycles. The lowest BCUT2D eigenvalue weighted by Gasteiger charge is -2.34. The van der Waals surface area contributed by atoms with Gasteiger partial charge in [0.2, 0.25) is 5.88 Å². The minimum atomic E-state index is -3.71. The molecule has 0 amide bonds. The van der Waals surface area contributed by atoms with E-state index >= 15 is 0 Å². The summed E-state index contributed by atoms with van der Waals surface area (Å²) in [6.45, 7) is 3.35. The summed E-state index contributed by atoms with van der Waals surface area (Å²) in [5, 5.41) is 0. The molecule has 1 N–H and O–H groups in total. The van der Waals surface area contributed by atoms with Crippen molar-refractivity contribution in [2.24, 2.45) is 0 Å². The number of aryl methyl sites for hydroxylation is 1. The van der Waals surface area contributed by atoms with Gasteiger partial charge in [-0.25, -0.2) is 13.4 Å². The van der Waals surface area contributed by atoms with Crippen LogP contribution >= 0.6 is 0 Å². The number of piperidine rings is 1. The van der Waals surface area contributed by atoms with E-state index in [0.717, 1.165) is 37.3 Å². The quantitative estimate of drug-likeness (QED) is 0.650. The Hall–Kier alpha value is -3.13. The second kappa shape index (κ2) is 8.71. The number of ether oxygens (including phenoxy) is 1. The van der Waals surface area contributed by atoms with Gasteiger partial charge in [-0.05, 0) is 37.3 Å². The van der Waals surface area contributed by atoms with Gasteiger partial charge in [0.25, 0.3) is 10.0 Å². The van der Waals surface area contributed by atoms with E-state index in [4.69, 9.17) is 4.74 Å². The van der Waals surface area contributed by atoms with Crippen LogP contribution in [0.15, 0.2) is 71.9 Å². The molecule has 3 heterocycles. The Balaban J connectivity index is 1.45. The SMILES string of the molecule is Cc1ccc(S(=O)(=O)Nc2ccccc2N2CCC(Oc3ccccn3)CC2)cn1. The van der Waals surface area contributed by atoms with Gasteiger partial charge in [-0.1, -0.05) is 18.2 Å². The van der Waals surface area contributed by atoms with Crippen molar-refractivity contribution in [2.45, 2.75) is 30.8 Å². The molecule has 0 unspecified atom stereocenters. The molecular formula is C22H24N4O3S. The van der Waals surface area contributed by atoms with E-state index < -0.39 is 10.0 Å². The summed E-state index contributed by atoms with van der Waals surface area (Å²) in [7, 11) is -3.71. The van der Waals surface area contributed by atoms with E-state index in [9.17, 15) is 8.42 Å². The largest absolute Gasteiger partial charge is 0.474 e. The number of pyridine rings is 2. The number of nitrogens with one attached hydrogen (secondary N) is 1. The van der Waals surface area contributed by atoms with Gasteiger partial charge >= 0.3 is 0 Å². The van der Waals surface area contributed by atoms with Crippen molar-refractivity contribution in [3.05, 3.63) is 72.7 Å². The maximum atomic E-state index is 12.8. The molecule has 156 valence electrons. The van der Waals surface area contributed by atoms with E-state index in [0.29, 0.717) is 11.6 Å². The third kappa shape index (κ3) is 4.71. The van der Waals surface area contributed by atoms with Gasteiger partial charge in [0, 0.05) is 50.1 Å². The number of anilines is 2. The average Bonchev–Trinajstić information content (AvgIpc) is 2.76. The van der Waals surface area contributed by atoms with Crippen LogP contribution in [0.2, 0.25) is 0 Å². The standard InChI is InChI=1S/C22H24N4O3S/c1-17-9-10-19(16-24-17)30(27,28)25-20-6-2-3-7-21(20)26-14-11-18(12-15-26)29-22-8-4-5-13-23-22/h2-10,13,16,18,25H,11-12,14-15H2,1H3. The van der Waals surface area contributed by atoms with Crippen molar-refractivity contribution in [2.75, 3.05) is 22.7 Å². The maximum Gasteiger partial charge on any atom is 0.263 e. The number of hydrogen-bond acceptors (Lipinski definition) is 6. The fourth-order valence-electron chi connectivity index (χ4n) is 3.45. The van der Waals surface area contributed by atoms with Gasteiger partial charge in [-0.3, -0.25) is 9.71 Å². The Morgan fingerprint density at radius 1 is 1.00 bits per heavy atom. The normalized spacial score (nSPS) is 15.0. The monoisotopic (exact) mass is 424 g/mol. The predicted octanol–water partition coefficient (Wildman–Crippen LogP) is 3.63. The zero-order valence-corrected chi connectivity index (χ0v) is 17.5. The predicted molar refractivity (Wildman–Crippen MR) is 116 cm³/mol. The number of aromatic nitrogens is 2. The minimum absolute atomic E-state index is 0.0960. The van der Waals surface area contributed by atoms with Crippen LogP contribution in [0.5, 0.6) is 5.88 Å². The molecule has 3 aromatic rings. The third-order valence-corrected chi connectivity index (χ3v) is 6.40. The van der Waals surface area contributed by atoms with Crippen LogP contribution in [0.3, 0.4) is 0 Å². The molecule has 1 saturated heterocycles. The molecule has 0 aliphatic carbocycles. The van der Waals surface area contributed by atoms with Crippen molar-refractivity contribution in [3.63, 3.8) is 0 Å². The number of nitrogens with zero attached hydrogens (tertiary/aromatic N) is 3. The summed E-state index contributed by atoms with van der Waals surface area (Å²) < 4.78 is 34.3. The lowest BCUT2D eigenvalue weighted by Crippen LogP contribution is -2.38. The first-order chi connectivity index (χ1) is 14.5. The van der Waals surface area contributed by atoms with Gasteiger partial charge in [0.05, 0.1) is 11.4 Å². The maximum absolute atomic E-state index is 12.8. The molecule has 0 atom stereocenters. The highest BCUT2D eigenvalue weighted by atomic mass is 32.2. The highest BCUT2D eigenvalue weighted by molar-refractivity contribution is 7.92. The van der Waals surface area contributed by atoms with Gasteiger partial charge in [0.1, 0.15) is 11.0 Å². The molecule has 1 aliphatic rings. The molecule has 0 bridgehead atoms. The second-order valence-electron chi connectivity index (χ2n) is 7.23. The van der Waals surface area contributed by atoms with E-state index in [1.165, 1.54) is 6.20 Å². The molecule has 2 aromatic heterocycles. The average molecular weight is 425 g/mol. The van der Waals surface area contributed by atoms with Crippen LogP contribution in [0.4, 0.5) is 11.4 Å². The summed E-state index contributed by atoms with van der Waals surface area (Å²) in [5.41, 5.74) is 2.18. The third-order valence-electron chi connectivity index (χ3n) is 5.05. The topological polar surface area (TPSA) is 84.4 Å². The summed E-state index contributed by atoms with van der Waals surface area (Å²) >= 11 is 0. The summed E-state index contributed by atoms with van der Waals surface area (Å²) in [6.07, 6.45) is 4.86. The fourth-order valence-corrected chi connectivity index (χ4v) is 4.47. The minimum Gasteiger partial charge on any atom is -0.474 e. The van der Waals surface area contributed by atoms with Crippen molar-refractivity contribution >= 4 is 21.4 Å². The second-order valence-corrected chi connectivity index (χ2v) is 8.91. The Labute approximate surface area is 176 Å². The first-order valence-electron chi connectivity index (χ1n) is 9.88. The van der Waals surface area contributed by atoms with Crippen LogP contribution < -0.4 is 14.4 Å². The highest BCUT2D eigenvalue weighted by Gasteiger charge is 2.24. The highest BCUT2D eigenvalue weighted by Crippen LogP contribution is 2.30. The number of para-hydroxylation sites is 2. The molecule has 7 nitrogen and oxygen atoms in total. The van der Waals surface area contributed by atoms with Crippen molar-refractivity contribution < 1.29 is 13.2 Å². The first kappa shape index (κ1) is 20.2. The lowest BCUT2D eigenvalue weighted by atomic mass is 10.1. The van der Waals surface area contributed by atoms with Crippen molar-refractivity contribution in [1.29, 1.82) is 0 Å².